The van der Waals surface area contributed by atoms with E-state index in [1.807, 2.05) is 0 Å². The average molecular weight is 240 g/mol. The van der Waals surface area contributed by atoms with Crippen molar-refractivity contribution >= 4 is 0 Å². The van der Waals surface area contributed by atoms with Crippen molar-refractivity contribution in [3.63, 3.8) is 0 Å². The van der Waals surface area contributed by atoms with E-state index in [4.69, 9.17) is 30.6 Å². The van der Waals surface area contributed by atoms with Crippen LogP contribution in [0.5, 0.6) is 0 Å². The van der Waals surface area contributed by atoms with Crippen LogP contribution in [0.2, 0.25) is 0 Å². The molecule has 2 unspecified atom stereocenters. The van der Waals surface area contributed by atoms with Gasteiger partial charge in [0.05, 0.1) is 6.61 Å². The lowest BCUT2D eigenvalue weighted by atomic mass is 9.99. The number of hydrogen-bond donors (Lipinski definition) is 8. The number of rotatable bonds is 6. The first kappa shape index (κ1) is 15.1. The van der Waals surface area contributed by atoms with Gasteiger partial charge in [-0.2, -0.15) is 0 Å². The SMILES string of the molecule is O/C=C(\O)[C@@H](O)[C@H](O)[C@H](O)C(O)C(O)CO. The van der Waals surface area contributed by atoms with E-state index in [1.54, 1.807) is 0 Å². The second-order valence-electron chi connectivity index (χ2n) is 3.22. The van der Waals surface area contributed by atoms with Gasteiger partial charge in [0.2, 0.25) is 0 Å². The van der Waals surface area contributed by atoms with Gasteiger partial charge < -0.3 is 40.9 Å². The topological polar surface area (TPSA) is 162 Å². The summed E-state index contributed by atoms with van der Waals surface area (Å²) in [5, 5.41) is 71.3. The molecule has 0 aliphatic rings. The first-order chi connectivity index (χ1) is 7.36. The molecule has 0 spiro atoms. The highest BCUT2D eigenvalue weighted by atomic mass is 16.4. The molecule has 5 atom stereocenters. The summed E-state index contributed by atoms with van der Waals surface area (Å²) < 4.78 is 0. The van der Waals surface area contributed by atoms with Crippen LogP contribution in [-0.2, 0) is 0 Å². The fourth-order valence-corrected chi connectivity index (χ4v) is 0.976. The van der Waals surface area contributed by atoms with Crippen molar-refractivity contribution in [2.45, 2.75) is 30.5 Å². The van der Waals surface area contributed by atoms with Crippen molar-refractivity contribution in [2.75, 3.05) is 6.61 Å². The summed E-state index contributed by atoms with van der Waals surface area (Å²) in [4.78, 5) is 0. The van der Waals surface area contributed by atoms with Crippen molar-refractivity contribution in [3.8, 4) is 0 Å². The van der Waals surface area contributed by atoms with Gasteiger partial charge in [0.15, 0.2) is 5.76 Å². The summed E-state index contributed by atoms with van der Waals surface area (Å²) in [6.07, 6.45) is -9.60. The fourth-order valence-electron chi connectivity index (χ4n) is 0.976. The lowest BCUT2D eigenvalue weighted by Crippen LogP contribution is -2.50. The van der Waals surface area contributed by atoms with Crippen LogP contribution >= 0.6 is 0 Å². The lowest BCUT2D eigenvalue weighted by Gasteiger charge is -2.27. The minimum absolute atomic E-state index is 0.107. The van der Waals surface area contributed by atoms with Crippen molar-refractivity contribution < 1.29 is 40.9 Å². The van der Waals surface area contributed by atoms with Gasteiger partial charge in [-0.3, -0.25) is 0 Å². The van der Waals surface area contributed by atoms with Gasteiger partial charge in [0, 0.05) is 0 Å². The van der Waals surface area contributed by atoms with E-state index in [0.717, 1.165) is 0 Å². The zero-order valence-corrected chi connectivity index (χ0v) is 8.25. The normalized spacial score (nSPS) is 22.2. The molecule has 0 bridgehead atoms. The molecule has 0 aliphatic carbocycles. The maximum absolute atomic E-state index is 9.25. The molecule has 0 radical (unpaired) electrons. The van der Waals surface area contributed by atoms with Crippen molar-refractivity contribution in [3.05, 3.63) is 12.0 Å². The summed E-state index contributed by atoms with van der Waals surface area (Å²) >= 11 is 0. The Morgan fingerprint density at radius 2 is 1.44 bits per heavy atom. The van der Waals surface area contributed by atoms with E-state index in [0.29, 0.717) is 0 Å². The Bertz CT molecular complexity index is 230. The summed E-state index contributed by atoms with van der Waals surface area (Å²) in [7, 11) is 0. The zero-order valence-electron chi connectivity index (χ0n) is 8.25. The molecule has 0 aromatic heterocycles. The standard InChI is InChI=1S/C8H16O8/c9-1-3(11)5(13)7(15)8(16)6(14)4(12)2-10/h1,4-16H,2H2/b3-1-/t4?,5-,6?,7+,8-/m1/s1. The van der Waals surface area contributed by atoms with Gasteiger partial charge in [-0.1, -0.05) is 0 Å². The molecule has 16 heavy (non-hydrogen) atoms. The molecule has 0 rings (SSSR count). The van der Waals surface area contributed by atoms with E-state index >= 15 is 0 Å². The third-order valence-corrected chi connectivity index (χ3v) is 2.04. The quantitative estimate of drug-likeness (QED) is 0.224. The molecular formula is C8H16O8. The molecule has 96 valence electrons. The molecule has 0 heterocycles. The van der Waals surface area contributed by atoms with Gasteiger partial charge in [-0.05, 0) is 0 Å². The molecule has 8 nitrogen and oxygen atoms in total. The van der Waals surface area contributed by atoms with Gasteiger partial charge in [0.25, 0.3) is 0 Å². The molecule has 0 amide bonds. The van der Waals surface area contributed by atoms with Crippen LogP contribution in [0, 0.1) is 0 Å². The minimum Gasteiger partial charge on any atom is -0.512 e. The van der Waals surface area contributed by atoms with Crippen LogP contribution in [0.1, 0.15) is 0 Å². The van der Waals surface area contributed by atoms with Crippen LogP contribution < -0.4 is 0 Å². The van der Waals surface area contributed by atoms with Crippen molar-refractivity contribution in [2.24, 2.45) is 0 Å². The Morgan fingerprint density at radius 1 is 0.938 bits per heavy atom. The summed E-state index contributed by atoms with van der Waals surface area (Å²) in [5.74, 6) is -1.02. The summed E-state index contributed by atoms with van der Waals surface area (Å²) in [5.41, 5.74) is 0. The predicted molar refractivity (Wildman–Crippen MR) is 50.5 cm³/mol. The van der Waals surface area contributed by atoms with E-state index < -0.39 is 42.9 Å². The Balaban J connectivity index is 4.54. The zero-order chi connectivity index (χ0) is 12.9. The van der Waals surface area contributed by atoms with Crippen LogP contribution in [0.25, 0.3) is 0 Å². The monoisotopic (exact) mass is 240 g/mol. The van der Waals surface area contributed by atoms with Crippen LogP contribution in [0.3, 0.4) is 0 Å². The Morgan fingerprint density at radius 3 is 1.81 bits per heavy atom. The van der Waals surface area contributed by atoms with Gasteiger partial charge in [-0.25, -0.2) is 0 Å². The van der Waals surface area contributed by atoms with Crippen LogP contribution in [0.4, 0.5) is 0 Å². The number of aliphatic hydroxyl groups excluding tert-OH is 8. The Labute approximate surface area is 91.0 Å². The lowest BCUT2D eigenvalue weighted by molar-refractivity contribution is -0.138. The van der Waals surface area contributed by atoms with Gasteiger partial charge >= 0.3 is 0 Å². The molecule has 0 fully saturated rings. The summed E-state index contributed by atoms with van der Waals surface area (Å²) in [6.45, 7) is -0.858. The fraction of sp³-hybridized carbons (Fsp3) is 0.750. The van der Waals surface area contributed by atoms with Crippen LogP contribution in [0.15, 0.2) is 12.0 Å². The Kier molecular flexibility index (Phi) is 6.26. The highest BCUT2D eigenvalue weighted by Gasteiger charge is 2.35. The molecule has 8 N–H and O–H groups in total. The van der Waals surface area contributed by atoms with E-state index in [-0.39, 0.29) is 6.26 Å². The van der Waals surface area contributed by atoms with E-state index in [1.165, 1.54) is 0 Å². The molecule has 0 aromatic rings. The third-order valence-electron chi connectivity index (χ3n) is 2.04. The van der Waals surface area contributed by atoms with E-state index in [2.05, 4.69) is 0 Å². The largest absolute Gasteiger partial charge is 0.512 e. The second kappa shape index (κ2) is 6.63. The van der Waals surface area contributed by atoms with Gasteiger partial charge in [0.1, 0.15) is 36.8 Å². The molecular weight excluding hydrogens is 224 g/mol. The molecule has 0 aromatic carbocycles. The first-order valence-electron chi connectivity index (χ1n) is 4.41. The Hall–Kier alpha value is -0.900. The molecule has 8 heteroatoms. The smallest absolute Gasteiger partial charge is 0.158 e. The third kappa shape index (κ3) is 3.59. The maximum Gasteiger partial charge on any atom is 0.158 e. The highest BCUT2D eigenvalue weighted by Crippen LogP contribution is 2.12. The second-order valence-corrected chi connectivity index (χ2v) is 3.22. The highest BCUT2D eigenvalue weighted by molar-refractivity contribution is 4.99. The number of hydrogen-bond acceptors (Lipinski definition) is 8. The predicted octanol–water partition coefficient (Wildman–Crippen LogP) is -3.26. The maximum atomic E-state index is 9.25. The van der Waals surface area contributed by atoms with Crippen LogP contribution in [-0.4, -0.2) is 78.0 Å². The van der Waals surface area contributed by atoms with Gasteiger partial charge in [-0.15, -0.1) is 0 Å². The first-order valence-corrected chi connectivity index (χ1v) is 4.41. The van der Waals surface area contributed by atoms with E-state index in [9.17, 15) is 10.2 Å². The number of aliphatic hydroxyl groups is 8. The summed E-state index contributed by atoms with van der Waals surface area (Å²) in [6, 6.07) is 0. The average Bonchev–Trinajstić information content (AvgIpc) is 2.32. The molecule has 0 saturated heterocycles. The molecule has 0 aliphatic heterocycles. The van der Waals surface area contributed by atoms with Crippen molar-refractivity contribution in [1.82, 2.24) is 0 Å². The molecule has 0 saturated carbocycles. The van der Waals surface area contributed by atoms with Crippen molar-refractivity contribution in [1.29, 1.82) is 0 Å². The minimum atomic E-state index is -2.04.